The average molecular weight is 236 g/mol. The first-order valence-corrected chi connectivity index (χ1v) is 5.28. The first kappa shape index (κ1) is 13.2. The second kappa shape index (κ2) is 4.95. The van der Waals surface area contributed by atoms with Gasteiger partial charge in [-0.1, -0.05) is 20.8 Å². The van der Waals surface area contributed by atoms with E-state index in [1.165, 1.54) is 18.3 Å². The molecule has 0 bridgehead atoms. The zero-order chi connectivity index (χ0) is 13.1. The van der Waals surface area contributed by atoms with Gasteiger partial charge < -0.3 is 10.4 Å². The predicted molar refractivity (Wildman–Crippen MR) is 63.0 cm³/mol. The quantitative estimate of drug-likeness (QED) is 0.834. The number of amides is 1. The van der Waals surface area contributed by atoms with E-state index in [9.17, 15) is 9.59 Å². The summed E-state index contributed by atoms with van der Waals surface area (Å²) in [7, 11) is 0. The molecular weight excluding hydrogens is 220 g/mol. The predicted octanol–water partition coefficient (Wildman–Crippen LogP) is 1.56. The van der Waals surface area contributed by atoms with Crippen LogP contribution in [-0.4, -0.2) is 28.5 Å². The van der Waals surface area contributed by atoms with E-state index in [1.807, 2.05) is 20.8 Å². The minimum Gasteiger partial charge on any atom is -0.478 e. The van der Waals surface area contributed by atoms with Gasteiger partial charge in [-0.25, -0.2) is 4.79 Å². The normalized spacial score (nSPS) is 11.0. The van der Waals surface area contributed by atoms with Gasteiger partial charge in [-0.3, -0.25) is 9.78 Å². The Labute approximate surface area is 99.9 Å². The first-order valence-electron chi connectivity index (χ1n) is 5.28. The van der Waals surface area contributed by atoms with E-state index < -0.39 is 11.9 Å². The zero-order valence-electron chi connectivity index (χ0n) is 10.2. The van der Waals surface area contributed by atoms with Crippen molar-refractivity contribution in [2.45, 2.75) is 20.8 Å². The number of nitrogens with zero attached hydrogens (tertiary/aromatic N) is 1. The molecule has 0 spiro atoms. The number of carbonyl (C=O) groups excluding carboxylic acids is 1. The summed E-state index contributed by atoms with van der Waals surface area (Å²) in [6.45, 7) is 6.39. The Balaban J connectivity index is 2.86. The summed E-state index contributed by atoms with van der Waals surface area (Å²) in [5.41, 5.74) is -0.198. The molecule has 0 radical (unpaired) electrons. The molecular formula is C12H16N2O3. The molecule has 0 saturated carbocycles. The van der Waals surface area contributed by atoms with Crippen LogP contribution in [0, 0.1) is 5.41 Å². The van der Waals surface area contributed by atoms with Gasteiger partial charge in [-0.2, -0.15) is 0 Å². The van der Waals surface area contributed by atoms with Gasteiger partial charge in [0.1, 0.15) is 5.69 Å². The van der Waals surface area contributed by atoms with E-state index >= 15 is 0 Å². The number of hydrogen-bond acceptors (Lipinski definition) is 3. The number of pyridine rings is 1. The maximum absolute atomic E-state index is 11.8. The lowest BCUT2D eigenvalue weighted by Gasteiger charge is -2.18. The molecule has 0 fully saturated rings. The van der Waals surface area contributed by atoms with E-state index in [2.05, 4.69) is 10.3 Å². The van der Waals surface area contributed by atoms with Crippen LogP contribution in [0.25, 0.3) is 0 Å². The molecule has 0 aliphatic heterocycles. The summed E-state index contributed by atoms with van der Waals surface area (Å²) >= 11 is 0. The van der Waals surface area contributed by atoms with Crippen LogP contribution in [0.2, 0.25) is 0 Å². The third-order valence-electron chi connectivity index (χ3n) is 2.03. The molecule has 1 aromatic rings. The van der Waals surface area contributed by atoms with Crippen molar-refractivity contribution in [3.05, 3.63) is 29.6 Å². The van der Waals surface area contributed by atoms with E-state index in [1.54, 1.807) is 0 Å². The Kier molecular flexibility index (Phi) is 3.83. The smallest absolute Gasteiger partial charge is 0.338 e. The van der Waals surface area contributed by atoms with Gasteiger partial charge in [0.2, 0.25) is 0 Å². The number of rotatable bonds is 3. The lowest BCUT2D eigenvalue weighted by Crippen LogP contribution is -2.33. The Morgan fingerprint density at radius 2 is 2.06 bits per heavy atom. The fourth-order valence-electron chi connectivity index (χ4n) is 1.19. The van der Waals surface area contributed by atoms with Crippen LogP contribution < -0.4 is 5.32 Å². The molecule has 5 nitrogen and oxygen atoms in total. The van der Waals surface area contributed by atoms with Gasteiger partial charge in [0, 0.05) is 12.7 Å². The van der Waals surface area contributed by atoms with E-state index in [-0.39, 0.29) is 16.7 Å². The highest BCUT2D eigenvalue weighted by Crippen LogP contribution is 2.11. The molecule has 92 valence electrons. The molecule has 2 N–H and O–H groups in total. The van der Waals surface area contributed by atoms with Gasteiger partial charge in [0.15, 0.2) is 0 Å². The lowest BCUT2D eigenvalue weighted by atomic mass is 9.97. The fraction of sp³-hybridized carbons (Fsp3) is 0.417. The summed E-state index contributed by atoms with van der Waals surface area (Å²) in [6.07, 6.45) is 1.40. The zero-order valence-corrected chi connectivity index (χ0v) is 10.2. The number of aromatic carboxylic acids is 1. The van der Waals surface area contributed by atoms with Crippen molar-refractivity contribution >= 4 is 11.9 Å². The lowest BCUT2D eigenvalue weighted by molar-refractivity contribution is 0.0689. The van der Waals surface area contributed by atoms with Crippen LogP contribution in [0.15, 0.2) is 18.3 Å². The third-order valence-corrected chi connectivity index (χ3v) is 2.03. The van der Waals surface area contributed by atoms with Crippen LogP contribution in [0.4, 0.5) is 0 Å². The van der Waals surface area contributed by atoms with Crippen molar-refractivity contribution < 1.29 is 14.7 Å². The molecule has 5 heteroatoms. The Bertz CT molecular complexity index is 436. The van der Waals surface area contributed by atoms with Gasteiger partial charge in [-0.05, 0) is 17.5 Å². The molecule has 1 heterocycles. The van der Waals surface area contributed by atoms with Crippen molar-refractivity contribution in [3.63, 3.8) is 0 Å². The highest BCUT2D eigenvalue weighted by molar-refractivity contribution is 6.03. The van der Waals surface area contributed by atoms with Crippen molar-refractivity contribution in [2.75, 3.05) is 6.54 Å². The maximum Gasteiger partial charge on any atom is 0.338 e. The standard InChI is InChI=1S/C12H16N2O3/c1-12(2,3)7-14-10(15)9-8(11(16)17)5-4-6-13-9/h4-6H,7H2,1-3H3,(H,14,15)(H,16,17). The minimum atomic E-state index is -1.15. The highest BCUT2D eigenvalue weighted by Gasteiger charge is 2.19. The second-order valence-electron chi connectivity index (χ2n) is 4.95. The molecule has 0 atom stereocenters. The van der Waals surface area contributed by atoms with Gasteiger partial charge >= 0.3 is 5.97 Å². The topological polar surface area (TPSA) is 79.3 Å². The summed E-state index contributed by atoms with van der Waals surface area (Å²) in [5, 5.41) is 11.6. The van der Waals surface area contributed by atoms with Crippen LogP contribution in [-0.2, 0) is 0 Å². The average Bonchev–Trinajstić information content (AvgIpc) is 2.25. The van der Waals surface area contributed by atoms with Crippen LogP contribution >= 0.6 is 0 Å². The number of carbonyl (C=O) groups is 2. The Morgan fingerprint density at radius 1 is 1.41 bits per heavy atom. The maximum atomic E-state index is 11.8. The number of nitrogens with one attached hydrogen (secondary N) is 1. The molecule has 1 rings (SSSR count). The number of carboxylic acid groups (broad SMARTS) is 1. The van der Waals surface area contributed by atoms with Crippen LogP contribution in [0.3, 0.4) is 0 Å². The second-order valence-corrected chi connectivity index (χ2v) is 4.95. The summed E-state index contributed by atoms with van der Waals surface area (Å²) < 4.78 is 0. The van der Waals surface area contributed by atoms with Crippen molar-refractivity contribution in [1.82, 2.24) is 10.3 Å². The summed E-state index contributed by atoms with van der Waals surface area (Å²) in [4.78, 5) is 26.5. The molecule has 0 saturated heterocycles. The monoisotopic (exact) mass is 236 g/mol. The van der Waals surface area contributed by atoms with Gasteiger partial charge in [0.05, 0.1) is 5.56 Å². The molecule has 0 aliphatic carbocycles. The Hall–Kier alpha value is -1.91. The number of hydrogen-bond donors (Lipinski definition) is 2. The largest absolute Gasteiger partial charge is 0.478 e. The van der Waals surface area contributed by atoms with Crippen LogP contribution in [0.1, 0.15) is 41.6 Å². The van der Waals surface area contributed by atoms with E-state index in [4.69, 9.17) is 5.11 Å². The molecule has 0 unspecified atom stereocenters. The van der Waals surface area contributed by atoms with E-state index in [0.717, 1.165) is 0 Å². The molecule has 1 amide bonds. The van der Waals surface area contributed by atoms with Crippen molar-refractivity contribution in [3.8, 4) is 0 Å². The van der Waals surface area contributed by atoms with Gasteiger partial charge in [0.25, 0.3) is 5.91 Å². The molecule has 0 aromatic carbocycles. The number of carboxylic acids is 1. The van der Waals surface area contributed by atoms with Crippen molar-refractivity contribution in [2.24, 2.45) is 5.41 Å². The highest BCUT2D eigenvalue weighted by atomic mass is 16.4. The fourth-order valence-corrected chi connectivity index (χ4v) is 1.19. The Morgan fingerprint density at radius 3 is 2.59 bits per heavy atom. The third kappa shape index (κ3) is 3.86. The SMILES string of the molecule is CC(C)(C)CNC(=O)c1ncccc1C(=O)O. The van der Waals surface area contributed by atoms with Crippen molar-refractivity contribution in [1.29, 1.82) is 0 Å². The number of aromatic nitrogens is 1. The minimum absolute atomic E-state index is 0.0516. The van der Waals surface area contributed by atoms with Crippen LogP contribution in [0.5, 0.6) is 0 Å². The molecule has 1 aromatic heterocycles. The van der Waals surface area contributed by atoms with E-state index in [0.29, 0.717) is 6.54 Å². The summed E-state index contributed by atoms with van der Waals surface area (Å²) in [6, 6.07) is 2.85. The summed E-state index contributed by atoms with van der Waals surface area (Å²) in [5.74, 6) is -1.61. The first-order chi connectivity index (χ1) is 7.81. The molecule has 0 aliphatic rings. The molecule has 17 heavy (non-hydrogen) atoms. The van der Waals surface area contributed by atoms with Gasteiger partial charge in [-0.15, -0.1) is 0 Å².